The Hall–Kier alpha value is -6.78. The second-order valence-corrected chi connectivity index (χ2v) is 21.9. The summed E-state index contributed by atoms with van der Waals surface area (Å²) in [6, 6.07) is 17.6. The molecule has 16 nitrogen and oxygen atoms in total. The first kappa shape index (κ1) is 48.5. The molecule has 2 aliphatic carbocycles. The molecule has 73 heavy (non-hydrogen) atoms. The standard InChI is InChI=1S/C57H69N11O5/c1-7-51(70)61-46-28-39(60-52-54(73-6)59-31-47(62-52)44-17-19-58-53(45(44)34-69)67-24-23-66-49(56(67)72)27-37-29-57(4,5)30-50(37)66)13-16-48(46)65-22-21-63(32-36(65)3)41-18-20-64(35(2)25-41)42-14-15-43-38(26-42)33-68(55(43)71)40-11-9-8-10-12-40/h7,13-17,19,26-28,31,35-36,40-41,69H,1,8-12,18,20-25,29-30,32-34H2,2-6H3,(H,60,62)(H,61,70)/t35-,36+,41?/m1/s1. The van der Waals surface area contributed by atoms with Crippen LogP contribution in [0.25, 0.3) is 11.3 Å². The van der Waals surface area contributed by atoms with Crippen molar-refractivity contribution < 1.29 is 24.2 Å². The summed E-state index contributed by atoms with van der Waals surface area (Å²) in [5.74, 6) is 0.724. The largest absolute Gasteiger partial charge is 0.478 e. The Bertz CT molecular complexity index is 2980. The maximum absolute atomic E-state index is 14.1. The van der Waals surface area contributed by atoms with Gasteiger partial charge in [-0.3, -0.25) is 24.2 Å². The van der Waals surface area contributed by atoms with Crippen molar-refractivity contribution in [2.45, 2.75) is 129 Å². The first-order chi connectivity index (χ1) is 35.3. The number of benzene rings is 2. The minimum absolute atomic E-state index is 0.140. The van der Waals surface area contributed by atoms with E-state index in [2.05, 4.69) is 97.2 Å². The van der Waals surface area contributed by atoms with Crippen LogP contribution < -0.4 is 30.1 Å². The van der Waals surface area contributed by atoms with Gasteiger partial charge in [0.2, 0.25) is 5.91 Å². The molecule has 2 saturated heterocycles. The molecule has 3 atom stereocenters. The molecule has 2 aromatic carbocycles. The molecule has 0 spiro atoms. The highest BCUT2D eigenvalue weighted by Crippen LogP contribution is 2.42. The lowest BCUT2D eigenvalue weighted by Gasteiger charge is -2.48. The van der Waals surface area contributed by atoms with E-state index >= 15 is 0 Å². The molecule has 11 rings (SSSR count). The minimum atomic E-state index is -0.372. The number of rotatable bonds is 12. The number of nitrogens with one attached hydrogen (secondary N) is 2. The normalized spacial score (nSPS) is 22.0. The zero-order valence-electron chi connectivity index (χ0n) is 43.0. The molecular formula is C57H69N11O5. The van der Waals surface area contributed by atoms with Gasteiger partial charge in [-0.15, -0.1) is 0 Å². The molecule has 6 aliphatic rings. The fourth-order valence-electron chi connectivity index (χ4n) is 13.0. The van der Waals surface area contributed by atoms with Gasteiger partial charge in [0.1, 0.15) is 11.5 Å². The smallest absolute Gasteiger partial charge is 0.276 e. The van der Waals surface area contributed by atoms with Crippen molar-refractivity contribution >= 4 is 52.1 Å². The minimum Gasteiger partial charge on any atom is -0.478 e. The van der Waals surface area contributed by atoms with Crippen LogP contribution >= 0.6 is 0 Å². The summed E-state index contributed by atoms with van der Waals surface area (Å²) in [4.78, 5) is 66.1. The molecule has 3 fully saturated rings. The van der Waals surface area contributed by atoms with E-state index in [-0.39, 0.29) is 41.7 Å². The number of piperidine rings is 1. The Balaban J connectivity index is 0.774. The lowest BCUT2D eigenvalue weighted by Crippen LogP contribution is -2.58. The number of methoxy groups -OCH3 is 1. The molecule has 4 aliphatic heterocycles. The lowest BCUT2D eigenvalue weighted by molar-refractivity contribution is -0.111. The Morgan fingerprint density at radius 3 is 2.47 bits per heavy atom. The van der Waals surface area contributed by atoms with E-state index in [1.54, 1.807) is 23.4 Å². The van der Waals surface area contributed by atoms with Gasteiger partial charge in [0.15, 0.2) is 5.82 Å². The van der Waals surface area contributed by atoms with Crippen LogP contribution in [0.3, 0.4) is 0 Å². The fraction of sp³-hybridized carbons (Fsp3) is 0.474. The number of hydrogen-bond donors (Lipinski definition) is 3. The van der Waals surface area contributed by atoms with Crippen molar-refractivity contribution in [3.8, 4) is 17.1 Å². The molecule has 1 unspecified atom stereocenters. The Morgan fingerprint density at radius 1 is 0.863 bits per heavy atom. The number of carbonyl (C=O) groups excluding carboxylic acids is 3. The molecule has 5 aromatic rings. The number of fused-ring (bicyclic) bond motifs is 4. The number of pyridine rings is 1. The van der Waals surface area contributed by atoms with Crippen LogP contribution in [0.15, 0.2) is 73.6 Å². The molecule has 3 amide bonds. The second-order valence-electron chi connectivity index (χ2n) is 21.9. The number of nitrogens with zero attached hydrogens (tertiary/aromatic N) is 9. The predicted molar refractivity (Wildman–Crippen MR) is 285 cm³/mol. The van der Waals surface area contributed by atoms with Crippen molar-refractivity contribution in [3.63, 3.8) is 0 Å². The van der Waals surface area contributed by atoms with Gasteiger partial charge in [0.25, 0.3) is 17.7 Å². The van der Waals surface area contributed by atoms with E-state index in [1.807, 2.05) is 24.3 Å². The van der Waals surface area contributed by atoms with Gasteiger partial charge in [-0.2, -0.15) is 0 Å². The third-order valence-electron chi connectivity index (χ3n) is 16.6. The van der Waals surface area contributed by atoms with Crippen molar-refractivity contribution in [1.82, 2.24) is 29.3 Å². The summed E-state index contributed by atoms with van der Waals surface area (Å²) < 4.78 is 7.85. The molecule has 16 heteroatoms. The van der Waals surface area contributed by atoms with Crippen LogP contribution in [0.2, 0.25) is 0 Å². The van der Waals surface area contributed by atoms with Crippen molar-refractivity contribution in [3.05, 3.63) is 107 Å². The summed E-state index contributed by atoms with van der Waals surface area (Å²) in [5.41, 5.74) is 10.3. The van der Waals surface area contributed by atoms with E-state index in [4.69, 9.17) is 9.72 Å². The summed E-state index contributed by atoms with van der Waals surface area (Å²) >= 11 is 0. The monoisotopic (exact) mass is 988 g/mol. The SMILES string of the molecule is C=CC(=O)Nc1cc(Nc2nc(-c3ccnc(N4CCn5c(cc6c5CC(C)(C)C6)C4=O)c3CO)cnc2OC)ccc1N1CCN(C2CCN(c3ccc4c(c3)CN(C3CCCCC3)C4=O)[C@H](C)C2)C[C@@H]1C. The highest BCUT2D eigenvalue weighted by molar-refractivity contribution is 6.06. The molecule has 0 bridgehead atoms. The maximum Gasteiger partial charge on any atom is 0.276 e. The average Bonchev–Trinajstić information content (AvgIpc) is 4.02. The van der Waals surface area contributed by atoms with Crippen LogP contribution in [0.5, 0.6) is 5.88 Å². The van der Waals surface area contributed by atoms with Crippen LogP contribution in [0, 0.1) is 5.41 Å². The number of aliphatic hydroxyl groups excluding tert-OH is 1. The van der Waals surface area contributed by atoms with E-state index in [9.17, 15) is 19.5 Å². The number of carbonyl (C=O) groups is 3. The van der Waals surface area contributed by atoms with Gasteiger partial charge in [-0.1, -0.05) is 39.7 Å². The Labute approximate surface area is 428 Å². The van der Waals surface area contributed by atoms with Crippen LogP contribution in [-0.2, 0) is 37.3 Å². The third kappa shape index (κ3) is 9.10. The highest BCUT2D eigenvalue weighted by atomic mass is 16.5. The number of aliphatic hydroxyl groups is 1. The van der Waals surface area contributed by atoms with Crippen LogP contribution in [0.1, 0.15) is 116 Å². The van der Waals surface area contributed by atoms with E-state index < -0.39 is 0 Å². The average molecular weight is 988 g/mol. The summed E-state index contributed by atoms with van der Waals surface area (Å²) in [6.45, 7) is 17.8. The van der Waals surface area contributed by atoms with Crippen molar-refractivity contribution in [2.75, 3.05) is 65.2 Å². The molecule has 0 radical (unpaired) electrons. The molecular weight excluding hydrogens is 919 g/mol. The lowest BCUT2D eigenvalue weighted by atomic mass is 9.90. The Morgan fingerprint density at radius 2 is 1.70 bits per heavy atom. The van der Waals surface area contributed by atoms with Crippen molar-refractivity contribution in [1.29, 1.82) is 0 Å². The molecule has 382 valence electrons. The maximum atomic E-state index is 14.1. The van der Waals surface area contributed by atoms with Crippen LogP contribution in [0.4, 0.5) is 34.4 Å². The summed E-state index contributed by atoms with van der Waals surface area (Å²) in [5, 5.41) is 17.3. The third-order valence-corrected chi connectivity index (χ3v) is 16.6. The Kier molecular flexibility index (Phi) is 13.0. The summed E-state index contributed by atoms with van der Waals surface area (Å²) in [6.07, 6.45) is 14.4. The molecule has 1 saturated carbocycles. The van der Waals surface area contributed by atoms with Gasteiger partial charge in [0, 0.05) is 110 Å². The second kappa shape index (κ2) is 19.6. The van der Waals surface area contributed by atoms with Crippen molar-refractivity contribution in [2.24, 2.45) is 5.41 Å². The first-order valence-electron chi connectivity index (χ1n) is 26.4. The summed E-state index contributed by atoms with van der Waals surface area (Å²) in [7, 11) is 1.53. The van der Waals surface area contributed by atoms with Gasteiger partial charge < -0.3 is 39.7 Å². The molecule has 7 heterocycles. The predicted octanol–water partition coefficient (Wildman–Crippen LogP) is 8.35. The van der Waals surface area contributed by atoms with Gasteiger partial charge >= 0.3 is 0 Å². The topological polar surface area (TPSA) is 165 Å². The van der Waals surface area contributed by atoms with Gasteiger partial charge in [0.05, 0.1) is 37.0 Å². The van der Waals surface area contributed by atoms with E-state index in [0.717, 1.165) is 82.5 Å². The molecule has 3 aromatic heterocycles. The van der Waals surface area contributed by atoms with Gasteiger partial charge in [-0.25, -0.2) is 15.0 Å². The van der Waals surface area contributed by atoms with E-state index in [0.29, 0.717) is 76.7 Å². The highest BCUT2D eigenvalue weighted by Gasteiger charge is 2.39. The van der Waals surface area contributed by atoms with Gasteiger partial charge in [-0.05, 0) is 124 Å². The van der Waals surface area contributed by atoms with Crippen LogP contribution in [-0.4, -0.2) is 116 Å². The quantitative estimate of drug-likeness (QED) is 0.103. The number of aromatic nitrogens is 4. The first-order valence-corrected chi connectivity index (χ1v) is 26.4. The number of anilines is 6. The zero-order chi connectivity index (χ0) is 50.7. The number of piperazine rings is 1. The zero-order valence-corrected chi connectivity index (χ0v) is 43.0. The van der Waals surface area contributed by atoms with E-state index in [1.165, 1.54) is 55.0 Å². The number of hydrogen-bond acceptors (Lipinski definition) is 12. The number of ether oxygens (including phenoxy) is 1. The molecule has 3 N–H and O–H groups in total. The number of amides is 3. The fourth-order valence-corrected chi connectivity index (χ4v) is 13.0.